The van der Waals surface area contributed by atoms with Crippen LogP contribution in [0.1, 0.15) is 11.1 Å². The molecule has 1 aliphatic rings. The minimum absolute atomic E-state index is 0.222. The van der Waals surface area contributed by atoms with Crippen LogP contribution in [0.5, 0.6) is 0 Å². The highest BCUT2D eigenvalue weighted by molar-refractivity contribution is 6.30. The first-order valence-corrected chi connectivity index (χ1v) is 10.9. The average molecular weight is 435 g/mol. The number of halogens is 1. The smallest absolute Gasteiger partial charge is 0.319 e. The molecule has 0 aromatic heterocycles. The summed E-state index contributed by atoms with van der Waals surface area (Å²) in [5.74, 6) is 0. The number of anilines is 2. The van der Waals surface area contributed by atoms with Gasteiger partial charge < -0.3 is 15.5 Å². The Kier molecular flexibility index (Phi) is 7.07. The molecule has 3 aromatic rings. The topological polar surface area (TPSA) is 47.6 Å². The van der Waals surface area contributed by atoms with E-state index in [0.29, 0.717) is 11.6 Å². The molecule has 0 unspecified atom stereocenters. The molecule has 1 aliphatic heterocycles. The van der Waals surface area contributed by atoms with Crippen LogP contribution in [0.3, 0.4) is 0 Å². The zero-order valence-electron chi connectivity index (χ0n) is 17.4. The molecule has 0 bridgehead atoms. The second-order valence-corrected chi connectivity index (χ2v) is 8.17. The molecule has 1 heterocycles. The fraction of sp³-hybridized carbons (Fsp3) is 0.240. The van der Waals surface area contributed by atoms with Gasteiger partial charge in [-0.3, -0.25) is 4.90 Å². The molecule has 4 rings (SSSR count). The van der Waals surface area contributed by atoms with Gasteiger partial charge in [0.1, 0.15) is 0 Å². The first-order chi connectivity index (χ1) is 15.2. The largest absolute Gasteiger partial charge is 0.369 e. The van der Waals surface area contributed by atoms with Gasteiger partial charge in [0.05, 0.1) is 0 Å². The molecule has 0 atom stereocenters. The second kappa shape index (κ2) is 10.3. The van der Waals surface area contributed by atoms with Crippen molar-refractivity contribution in [2.45, 2.75) is 13.1 Å². The van der Waals surface area contributed by atoms with Crippen LogP contribution >= 0.6 is 11.6 Å². The maximum absolute atomic E-state index is 12.1. The predicted molar refractivity (Wildman–Crippen MR) is 128 cm³/mol. The Labute approximate surface area is 188 Å². The number of piperazine rings is 1. The standard InChI is InChI=1S/C25H27ClN4O/c26-22-10-6-20(7-11-22)18-27-25(31)28-23-12-8-21(9-13-23)19-29-14-16-30(17-15-29)24-4-2-1-3-5-24/h1-13H,14-19H2,(H2,27,28,31). The van der Waals surface area contributed by atoms with Gasteiger partial charge >= 0.3 is 6.03 Å². The van der Waals surface area contributed by atoms with Gasteiger partial charge in [-0.25, -0.2) is 4.79 Å². The summed E-state index contributed by atoms with van der Waals surface area (Å²) >= 11 is 5.88. The molecular formula is C25H27ClN4O. The molecule has 1 fully saturated rings. The van der Waals surface area contributed by atoms with Crippen LogP contribution in [-0.2, 0) is 13.1 Å². The molecule has 31 heavy (non-hydrogen) atoms. The molecule has 0 saturated carbocycles. The van der Waals surface area contributed by atoms with E-state index in [1.54, 1.807) is 0 Å². The number of amides is 2. The van der Waals surface area contributed by atoms with Crippen LogP contribution < -0.4 is 15.5 Å². The SMILES string of the molecule is O=C(NCc1ccc(Cl)cc1)Nc1ccc(CN2CCN(c3ccccc3)CC2)cc1. The summed E-state index contributed by atoms with van der Waals surface area (Å²) < 4.78 is 0. The van der Waals surface area contributed by atoms with E-state index in [9.17, 15) is 4.79 Å². The number of rotatable bonds is 6. The molecule has 3 aromatic carbocycles. The fourth-order valence-corrected chi connectivity index (χ4v) is 3.84. The zero-order valence-corrected chi connectivity index (χ0v) is 18.2. The van der Waals surface area contributed by atoms with E-state index >= 15 is 0 Å². The van der Waals surface area contributed by atoms with E-state index < -0.39 is 0 Å². The minimum Gasteiger partial charge on any atom is -0.369 e. The average Bonchev–Trinajstić information content (AvgIpc) is 2.81. The summed E-state index contributed by atoms with van der Waals surface area (Å²) in [7, 11) is 0. The minimum atomic E-state index is -0.222. The Bertz CT molecular complexity index is 969. The molecule has 2 amide bonds. The van der Waals surface area contributed by atoms with Crippen LogP contribution in [0, 0.1) is 0 Å². The summed E-state index contributed by atoms with van der Waals surface area (Å²) in [4.78, 5) is 17.1. The summed E-state index contributed by atoms with van der Waals surface area (Å²) in [5, 5.41) is 6.43. The van der Waals surface area contributed by atoms with Crippen molar-refractivity contribution in [2.75, 3.05) is 36.4 Å². The summed E-state index contributed by atoms with van der Waals surface area (Å²) in [5.41, 5.74) is 4.33. The molecule has 5 nitrogen and oxygen atoms in total. The Morgan fingerprint density at radius 1 is 0.806 bits per heavy atom. The van der Waals surface area contributed by atoms with Gasteiger partial charge in [0.2, 0.25) is 0 Å². The van der Waals surface area contributed by atoms with Gasteiger partial charge in [-0.1, -0.05) is 54.1 Å². The van der Waals surface area contributed by atoms with Gasteiger partial charge in [0.25, 0.3) is 0 Å². The molecule has 1 saturated heterocycles. The number of hydrogen-bond acceptors (Lipinski definition) is 3. The summed E-state index contributed by atoms with van der Waals surface area (Å²) in [6.07, 6.45) is 0. The van der Waals surface area contributed by atoms with Crippen molar-refractivity contribution in [3.8, 4) is 0 Å². The van der Waals surface area contributed by atoms with Crippen LogP contribution in [0.2, 0.25) is 5.02 Å². The number of hydrogen-bond donors (Lipinski definition) is 2. The van der Waals surface area contributed by atoms with Gasteiger partial charge in [-0.05, 0) is 47.5 Å². The van der Waals surface area contributed by atoms with E-state index in [4.69, 9.17) is 11.6 Å². The van der Waals surface area contributed by atoms with E-state index in [1.807, 2.05) is 36.4 Å². The Morgan fingerprint density at radius 3 is 2.13 bits per heavy atom. The van der Waals surface area contributed by atoms with E-state index in [1.165, 1.54) is 11.3 Å². The zero-order chi connectivity index (χ0) is 21.5. The molecule has 6 heteroatoms. The summed E-state index contributed by atoms with van der Waals surface area (Å²) in [6, 6.07) is 25.9. The van der Waals surface area contributed by atoms with E-state index in [0.717, 1.165) is 44.0 Å². The van der Waals surface area contributed by atoms with Gasteiger partial charge in [0.15, 0.2) is 0 Å². The quantitative estimate of drug-likeness (QED) is 0.575. The third-order valence-corrected chi connectivity index (χ3v) is 5.73. The first-order valence-electron chi connectivity index (χ1n) is 10.6. The first kappa shape index (κ1) is 21.2. The van der Waals surface area contributed by atoms with Gasteiger partial charge in [-0.2, -0.15) is 0 Å². The molecule has 0 spiro atoms. The molecule has 0 aliphatic carbocycles. The lowest BCUT2D eigenvalue weighted by Crippen LogP contribution is -2.45. The third kappa shape index (κ3) is 6.23. The number of carbonyl (C=O) groups is 1. The van der Waals surface area contributed by atoms with Crippen molar-refractivity contribution in [2.24, 2.45) is 0 Å². The number of nitrogens with zero attached hydrogens (tertiary/aromatic N) is 2. The third-order valence-electron chi connectivity index (χ3n) is 5.48. The number of benzene rings is 3. The van der Waals surface area contributed by atoms with Crippen LogP contribution in [0.4, 0.5) is 16.2 Å². The lowest BCUT2D eigenvalue weighted by Gasteiger charge is -2.36. The van der Waals surface area contributed by atoms with Crippen molar-refractivity contribution in [3.63, 3.8) is 0 Å². The second-order valence-electron chi connectivity index (χ2n) is 7.73. The van der Waals surface area contributed by atoms with Crippen molar-refractivity contribution < 1.29 is 4.79 Å². The van der Waals surface area contributed by atoms with Crippen molar-refractivity contribution in [3.05, 3.63) is 95.0 Å². The fourth-order valence-electron chi connectivity index (χ4n) is 3.71. The molecule has 160 valence electrons. The Balaban J connectivity index is 1.21. The number of urea groups is 1. The van der Waals surface area contributed by atoms with E-state index in [-0.39, 0.29) is 6.03 Å². The lowest BCUT2D eigenvalue weighted by atomic mass is 10.1. The highest BCUT2D eigenvalue weighted by Gasteiger charge is 2.17. The van der Waals surface area contributed by atoms with Crippen molar-refractivity contribution >= 4 is 29.0 Å². The predicted octanol–water partition coefficient (Wildman–Crippen LogP) is 4.98. The Hall–Kier alpha value is -3.02. The maximum atomic E-state index is 12.1. The van der Waals surface area contributed by atoms with Gasteiger partial charge in [0, 0.05) is 55.7 Å². The highest BCUT2D eigenvalue weighted by atomic mass is 35.5. The number of carbonyl (C=O) groups excluding carboxylic acids is 1. The summed E-state index contributed by atoms with van der Waals surface area (Å²) in [6.45, 7) is 5.54. The van der Waals surface area contributed by atoms with Crippen LogP contribution in [0.15, 0.2) is 78.9 Å². The maximum Gasteiger partial charge on any atom is 0.319 e. The molecule has 2 N–H and O–H groups in total. The normalized spacial score (nSPS) is 14.3. The Morgan fingerprint density at radius 2 is 1.45 bits per heavy atom. The van der Waals surface area contributed by atoms with Crippen LogP contribution in [-0.4, -0.2) is 37.1 Å². The highest BCUT2D eigenvalue weighted by Crippen LogP contribution is 2.17. The van der Waals surface area contributed by atoms with Crippen molar-refractivity contribution in [1.29, 1.82) is 0 Å². The molecule has 0 radical (unpaired) electrons. The molecular weight excluding hydrogens is 408 g/mol. The monoisotopic (exact) mass is 434 g/mol. The van der Waals surface area contributed by atoms with Crippen LogP contribution in [0.25, 0.3) is 0 Å². The van der Waals surface area contributed by atoms with E-state index in [2.05, 4.69) is 62.9 Å². The van der Waals surface area contributed by atoms with Gasteiger partial charge in [-0.15, -0.1) is 0 Å². The lowest BCUT2D eigenvalue weighted by molar-refractivity contribution is 0.250. The number of para-hydroxylation sites is 1. The number of nitrogens with one attached hydrogen (secondary N) is 2. The van der Waals surface area contributed by atoms with Crippen molar-refractivity contribution in [1.82, 2.24) is 10.2 Å².